The lowest BCUT2D eigenvalue weighted by Gasteiger charge is -2.23. The van der Waals surface area contributed by atoms with Crippen LogP contribution in [0.3, 0.4) is 0 Å². The van der Waals surface area contributed by atoms with E-state index in [0.717, 1.165) is 6.42 Å². The Kier molecular flexibility index (Phi) is 5.57. The van der Waals surface area contributed by atoms with Gasteiger partial charge in [0, 0.05) is 13.6 Å². The predicted octanol–water partition coefficient (Wildman–Crippen LogP) is 2.21. The van der Waals surface area contributed by atoms with Crippen molar-refractivity contribution >= 4 is 28.9 Å². The number of rotatable bonds is 6. The third kappa shape index (κ3) is 3.82. The number of para-hydroxylation sites is 1. The zero-order valence-corrected chi connectivity index (χ0v) is 11.6. The molecule has 0 spiro atoms. The second-order valence-electron chi connectivity index (χ2n) is 3.96. The molecule has 0 fully saturated rings. The molecule has 7 heteroatoms. The molecule has 0 aliphatic carbocycles. The highest BCUT2D eigenvalue weighted by molar-refractivity contribution is 6.33. The molecule has 0 saturated carbocycles. The van der Waals surface area contributed by atoms with Crippen molar-refractivity contribution < 1.29 is 9.72 Å². The molecule has 1 aromatic rings. The number of carbonyl (C=O) groups excluding carboxylic acids is 1. The third-order valence-corrected chi connectivity index (χ3v) is 2.90. The molecule has 0 unspecified atom stereocenters. The Morgan fingerprint density at radius 2 is 2.21 bits per heavy atom. The minimum absolute atomic E-state index is 0.0610. The molecule has 0 atom stereocenters. The second-order valence-corrected chi connectivity index (χ2v) is 4.37. The van der Waals surface area contributed by atoms with E-state index in [-0.39, 0.29) is 23.2 Å². The molecule has 1 aromatic carbocycles. The topological polar surface area (TPSA) is 75.5 Å². The Balaban J connectivity index is 3.18. The van der Waals surface area contributed by atoms with Gasteiger partial charge in [-0.25, -0.2) is 0 Å². The van der Waals surface area contributed by atoms with E-state index in [1.54, 1.807) is 17.0 Å². The van der Waals surface area contributed by atoms with Gasteiger partial charge in [-0.2, -0.15) is 0 Å². The van der Waals surface area contributed by atoms with Gasteiger partial charge < -0.3 is 10.2 Å². The number of nitro benzene ring substituents is 1. The van der Waals surface area contributed by atoms with Crippen LogP contribution in [-0.4, -0.2) is 31.0 Å². The van der Waals surface area contributed by atoms with E-state index in [9.17, 15) is 14.9 Å². The fourth-order valence-corrected chi connectivity index (χ4v) is 1.99. The quantitative estimate of drug-likeness (QED) is 0.642. The Morgan fingerprint density at radius 3 is 2.74 bits per heavy atom. The van der Waals surface area contributed by atoms with Crippen LogP contribution in [0.5, 0.6) is 0 Å². The number of benzene rings is 1. The Morgan fingerprint density at radius 1 is 1.53 bits per heavy atom. The molecule has 0 saturated heterocycles. The van der Waals surface area contributed by atoms with Crippen molar-refractivity contribution in [2.24, 2.45) is 0 Å². The molecule has 0 aliphatic heterocycles. The number of likely N-dealkylation sites (N-methyl/N-ethyl adjacent to an activating group) is 1. The molecule has 19 heavy (non-hydrogen) atoms. The standard InChI is InChI=1S/C12H16ClN3O3/c1-3-7-15(8-11(17)14-2)10-6-4-5-9(13)12(10)16(18)19/h4-6H,3,7-8H2,1-2H3,(H,14,17). The van der Waals surface area contributed by atoms with Gasteiger partial charge >= 0.3 is 5.69 Å². The van der Waals surface area contributed by atoms with Crippen LogP contribution in [0.4, 0.5) is 11.4 Å². The van der Waals surface area contributed by atoms with E-state index in [0.29, 0.717) is 12.2 Å². The fourth-order valence-electron chi connectivity index (χ4n) is 1.75. The van der Waals surface area contributed by atoms with E-state index in [4.69, 9.17) is 11.6 Å². The summed E-state index contributed by atoms with van der Waals surface area (Å²) in [6, 6.07) is 4.70. The van der Waals surface area contributed by atoms with E-state index < -0.39 is 4.92 Å². The van der Waals surface area contributed by atoms with Gasteiger partial charge in [0.2, 0.25) is 5.91 Å². The number of anilines is 1. The number of hydrogen-bond acceptors (Lipinski definition) is 4. The number of nitrogens with zero attached hydrogens (tertiary/aromatic N) is 2. The van der Waals surface area contributed by atoms with E-state index in [1.807, 2.05) is 6.92 Å². The number of nitro groups is 1. The van der Waals surface area contributed by atoms with Crippen molar-refractivity contribution in [1.82, 2.24) is 5.32 Å². The van der Waals surface area contributed by atoms with Crippen LogP contribution in [-0.2, 0) is 4.79 Å². The molecular weight excluding hydrogens is 270 g/mol. The summed E-state index contributed by atoms with van der Waals surface area (Å²) in [4.78, 5) is 23.7. The highest BCUT2D eigenvalue weighted by Crippen LogP contribution is 2.34. The lowest BCUT2D eigenvalue weighted by atomic mass is 10.2. The maximum atomic E-state index is 11.5. The summed E-state index contributed by atoms with van der Waals surface area (Å²) in [5, 5.41) is 13.7. The van der Waals surface area contributed by atoms with E-state index in [1.165, 1.54) is 13.1 Å². The first kappa shape index (κ1) is 15.2. The highest BCUT2D eigenvalue weighted by Gasteiger charge is 2.23. The van der Waals surface area contributed by atoms with Gasteiger partial charge in [-0.05, 0) is 18.6 Å². The third-order valence-electron chi connectivity index (χ3n) is 2.60. The summed E-state index contributed by atoms with van der Waals surface area (Å²) in [5.74, 6) is -0.206. The average molecular weight is 286 g/mol. The second kappa shape index (κ2) is 6.94. The molecular formula is C12H16ClN3O3. The van der Waals surface area contributed by atoms with E-state index >= 15 is 0 Å². The van der Waals surface area contributed by atoms with Crippen LogP contribution >= 0.6 is 11.6 Å². The first-order valence-electron chi connectivity index (χ1n) is 5.89. The van der Waals surface area contributed by atoms with E-state index in [2.05, 4.69) is 5.32 Å². The van der Waals surface area contributed by atoms with Crippen molar-refractivity contribution in [3.8, 4) is 0 Å². The summed E-state index contributed by atoms with van der Waals surface area (Å²) in [6.45, 7) is 2.54. The summed E-state index contributed by atoms with van der Waals surface area (Å²) in [6.07, 6.45) is 0.765. The van der Waals surface area contributed by atoms with Crippen molar-refractivity contribution in [2.45, 2.75) is 13.3 Å². The maximum absolute atomic E-state index is 11.5. The molecule has 0 aliphatic rings. The molecule has 0 heterocycles. The summed E-state index contributed by atoms with van der Waals surface area (Å²) < 4.78 is 0. The summed E-state index contributed by atoms with van der Waals surface area (Å²) in [5.41, 5.74) is 0.199. The number of nitrogens with one attached hydrogen (secondary N) is 1. The van der Waals surface area contributed by atoms with Gasteiger partial charge in [-0.1, -0.05) is 24.6 Å². The van der Waals surface area contributed by atoms with Gasteiger partial charge in [0.1, 0.15) is 10.7 Å². The number of amides is 1. The van der Waals surface area contributed by atoms with Gasteiger partial charge in [0.15, 0.2) is 0 Å². The van der Waals surface area contributed by atoms with Crippen LogP contribution in [0.25, 0.3) is 0 Å². The molecule has 1 amide bonds. The highest BCUT2D eigenvalue weighted by atomic mass is 35.5. The van der Waals surface area contributed by atoms with Gasteiger partial charge in [0.05, 0.1) is 11.5 Å². The summed E-state index contributed by atoms with van der Waals surface area (Å²) >= 11 is 5.87. The molecule has 1 rings (SSSR count). The lowest BCUT2D eigenvalue weighted by molar-refractivity contribution is -0.384. The molecule has 0 aromatic heterocycles. The van der Waals surface area contributed by atoms with Gasteiger partial charge in [-0.15, -0.1) is 0 Å². The Labute approximate surface area is 116 Å². The summed E-state index contributed by atoms with van der Waals surface area (Å²) in [7, 11) is 1.53. The SMILES string of the molecule is CCCN(CC(=O)NC)c1cccc(Cl)c1[N+](=O)[O-]. The van der Waals surface area contributed by atoms with Crippen LogP contribution in [0.2, 0.25) is 5.02 Å². The molecule has 6 nitrogen and oxygen atoms in total. The van der Waals surface area contributed by atoms with Crippen molar-refractivity contribution in [1.29, 1.82) is 0 Å². The van der Waals surface area contributed by atoms with Crippen molar-refractivity contribution in [3.05, 3.63) is 33.3 Å². The first-order valence-corrected chi connectivity index (χ1v) is 6.27. The molecule has 0 radical (unpaired) electrons. The monoisotopic (exact) mass is 285 g/mol. The Hall–Kier alpha value is -1.82. The predicted molar refractivity (Wildman–Crippen MR) is 74.7 cm³/mol. The number of halogens is 1. The van der Waals surface area contributed by atoms with Crippen LogP contribution in [0.1, 0.15) is 13.3 Å². The number of hydrogen-bond donors (Lipinski definition) is 1. The average Bonchev–Trinajstić information content (AvgIpc) is 2.37. The maximum Gasteiger partial charge on any atom is 0.310 e. The molecule has 1 N–H and O–H groups in total. The zero-order valence-electron chi connectivity index (χ0n) is 10.9. The van der Waals surface area contributed by atoms with Crippen LogP contribution in [0.15, 0.2) is 18.2 Å². The van der Waals surface area contributed by atoms with Gasteiger partial charge in [-0.3, -0.25) is 14.9 Å². The zero-order chi connectivity index (χ0) is 14.4. The van der Waals surface area contributed by atoms with Crippen molar-refractivity contribution in [3.63, 3.8) is 0 Å². The fraction of sp³-hybridized carbons (Fsp3) is 0.417. The normalized spacial score (nSPS) is 10.1. The molecule has 104 valence electrons. The smallest absolute Gasteiger partial charge is 0.310 e. The largest absolute Gasteiger partial charge is 0.358 e. The molecule has 0 bridgehead atoms. The van der Waals surface area contributed by atoms with Crippen LogP contribution < -0.4 is 10.2 Å². The minimum Gasteiger partial charge on any atom is -0.358 e. The van der Waals surface area contributed by atoms with Crippen molar-refractivity contribution in [2.75, 3.05) is 25.0 Å². The van der Waals surface area contributed by atoms with Gasteiger partial charge in [0.25, 0.3) is 0 Å². The minimum atomic E-state index is -0.524. The lowest BCUT2D eigenvalue weighted by Crippen LogP contribution is -2.36. The van der Waals surface area contributed by atoms with Crippen LogP contribution in [0, 0.1) is 10.1 Å². The Bertz CT molecular complexity index is 479. The first-order chi connectivity index (χ1) is 9.01. The number of carbonyl (C=O) groups is 1.